The molecular weight excluding hydrogens is 351 g/mol. The zero-order chi connectivity index (χ0) is 18.0. The number of carboxylic acids is 1. The molecule has 0 spiro atoms. The summed E-state index contributed by atoms with van der Waals surface area (Å²) < 4.78 is 63.8. The number of carboxylic acid groups (broad SMARTS) is 1. The van der Waals surface area contributed by atoms with Crippen molar-refractivity contribution in [2.75, 3.05) is 17.5 Å². The van der Waals surface area contributed by atoms with Crippen LogP contribution in [0.3, 0.4) is 0 Å². The number of hydrogen-bond acceptors (Lipinski definition) is 5. The molecule has 0 radical (unpaired) electrons. The molecule has 1 atom stereocenters. The predicted molar refractivity (Wildman–Crippen MR) is 81.5 cm³/mol. The second kappa shape index (κ2) is 6.81. The van der Waals surface area contributed by atoms with E-state index >= 15 is 0 Å². The van der Waals surface area contributed by atoms with Gasteiger partial charge in [0.2, 0.25) is 20.0 Å². The molecule has 0 heterocycles. The largest absolute Gasteiger partial charge is 0.480 e. The molecule has 0 aliphatic carbocycles. The number of hydrogen-bond donors (Lipinski definition) is 2. The molecular formula is C12H17FN2O6S2. The Morgan fingerprint density at radius 3 is 2.35 bits per heavy atom. The summed E-state index contributed by atoms with van der Waals surface area (Å²) in [5.41, 5.74) is -0.389. The van der Waals surface area contributed by atoms with Crippen LogP contribution in [0.25, 0.3) is 0 Å². The summed E-state index contributed by atoms with van der Waals surface area (Å²) in [6.07, 6.45) is 0. The fraction of sp³-hybridized carbons (Fsp3) is 0.417. The van der Waals surface area contributed by atoms with Gasteiger partial charge in [0.15, 0.2) is 0 Å². The van der Waals surface area contributed by atoms with Gasteiger partial charge in [-0.1, -0.05) is 0 Å². The van der Waals surface area contributed by atoms with Gasteiger partial charge in [-0.15, -0.1) is 0 Å². The SMILES string of the molecule is CCS(=O)(=O)Nc1ccc(S(=O)(=O)N(C)C(C)C(=O)O)cc1F. The van der Waals surface area contributed by atoms with Crippen molar-refractivity contribution in [1.29, 1.82) is 0 Å². The van der Waals surface area contributed by atoms with Crippen LogP contribution in [0.5, 0.6) is 0 Å². The Morgan fingerprint density at radius 2 is 1.91 bits per heavy atom. The molecule has 130 valence electrons. The summed E-state index contributed by atoms with van der Waals surface area (Å²) in [7, 11) is -6.89. The number of halogens is 1. The van der Waals surface area contributed by atoms with E-state index < -0.39 is 42.8 Å². The second-order valence-corrected chi connectivity index (χ2v) is 8.69. The monoisotopic (exact) mass is 368 g/mol. The molecule has 0 bridgehead atoms. The van der Waals surface area contributed by atoms with Crippen LogP contribution < -0.4 is 4.72 Å². The Kier molecular flexibility index (Phi) is 5.72. The van der Waals surface area contributed by atoms with Crippen molar-refractivity contribution < 1.29 is 31.1 Å². The van der Waals surface area contributed by atoms with E-state index in [1.54, 1.807) is 0 Å². The lowest BCUT2D eigenvalue weighted by Gasteiger charge is -2.21. The first kappa shape index (κ1) is 19.3. The van der Waals surface area contributed by atoms with E-state index in [0.29, 0.717) is 10.4 Å². The number of carbonyl (C=O) groups is 1. The number of nitrogens with zero attached hydrogens (tertiary/aromatic N) is 1. The molecule has 0 saturated carbocycles. The van der Waals surface area contributed by atoms with Gasteiger partial charge in [0.05, 0.1) is 16.3 Å². The molecule has 1 unspecified atom stereocenters. The highest BCUT2D eigenvalue weighted by Crippen LogP contribution is 2.23. The molecule has 1 aromatic carbocycles. The maximum absolute atomic E-state index is 13.9. The van der Waals surface area contributed by atoms with Crippen LogP contribution in [0, 0.1) is 5.82 Å². The van der Waals surface area contributed by atoms with Gasteiger partial charge in [-0.3, -0.25) is 9.52 Å². The third-order valence-corrected chi connectivity index (χ3v) is 6.38. The lowest BCUT2D eigenvalue weighted by molar-refractivity contribution is -0.140. The van der Waals surface area contributed by atoms with E-state index in [0.717, 1.165) is 19.2 Å². The van der Waals surface area contributed by atoms with Gasteiger partial charge in [-0.05, 0) is 32.0 Å². The van der Waals surface area contributed by atoms with Gasteiger partial charge in [0.25, 0.3) is 0 Å². The number of benzene rings is 1. The van der Waals surface area contributed by atoms with Crippen LogP contribution >= 0.6 is 0 Å². The highest BCUT2D eigenvalue weighted by atomic mass is 32.2. The number of likely N-dealkylation sites (N-methyl/N-ethyl adjacent to an activating group) is 1. The van der Waals surface area contributed by atoms with E-state index in [2.05, 4.69) is 0 Å². The average Bonchev–Trinajstić information content (AvgIpc) is 2.47. The summed E-state index contributed by atoms with van der Waals surface area (Å²) in [6, 6.07) is 1.25. The maximum atomic E-state index is 13.9. The van der Waals surface area contributed by atoms with Gasteiger partial charge in [-0.2, -0.15) is 4.31 Å². The van der Waals surface area contributed by atoms with Crippen molar-refractivity contribution in [2.45, 2.75) is 24.8 Å². The fourth-order valence-corrected chi connectivity index (χ4v) is 3.49. The van der Waals surface area contributed by atoms with Crippen molar-refractivity contribution in [1.82, 2.24) is 4.31 Å². The quantitative estimate of drug-likeness (QED) is 0.730. The molecule has 1 aromatic rings. The van der Waals surface area contributed by atoms with Gasteiger partial charge in [0.1, 0.15) is 11.9 Å². The summed E-state index contributed by atoms with van der Waals surface area (Å²) in [5, 5.41) is 8.86. The standard InChI is InChI=1S/C12H17FN2O6S2/c1-4-22(18,19)14-11-6-5-9(7-10(11)13)23(20,21)15(3)8(2)12(16)17/h5-8,14H,4H2,1-3H3,(H,16,17). The Morgan fingerprint density at radius 1 is 1.35 bits per heavy atom. The fourth-order valence-electron chi connectivity index (χ4n) is 1.51. The molecule has 11 heteroatoms. The molecule has 2 N–H and O–H groups in total. The lowest BCUT2D eigenvalue weighted by atomic mass is 10.3. The van der Waals surface area contributed by atoms with Crippen LogP contribution in [-0.2, 0) is 24.8 Å². The average molecular weight is 368 g/mol. The molecule has 0 amide bonds. The van der Waals surface area contributed by atoms with Crippen molar-refractivity contribution >= 4 is 31.7 Å². The van der Waals surface area contributed by atoms with Crippen LogP contribution in [0.4, 0.5) is 10.1 Å². The topological polar surface area (TPSA) is 121 Å². The summed E-state index contributed by atoms with van der Waals surface area (Å²) in [6.45, 7) is 2.53. The maximum Gasteiger partial charge on any atom is 0.321 e. The normalized spacial score (nSPS) is 13.8. The third-order valence-electron chi connectivity index (χ3n) is 3.17. The van der Waals surface area contributed by atoms with Crippen LogP contribution in [0.15, 0.2) is 23.1 Å². The number of sulfonamides is 2. The minimum atomic E-state index is -4.24. The number of aliphatic carboxylic acids is 1. The minimum Gasteiger partial charge on any atom is -0.480 e. The Hall–Kier alpha value is -1.72. The van der Waals surface area contributed by atoms with E-state index in [1.165, 1.54) is 13.8 Å². The Labute approximate surface area is 134 Å². The lowest BCUT2D eigenvalue weighted by Crippen LogP contribution is -2.40. The molecule has 1 rings (SSSR count). The van der Waals surface area contributed by atoms with E-state index in [-0.39, 0.29) is 11.4 Å². The summed E-state index contributed by atoms with van der Waals surface area (Å²) >= 11 is 0. The van der Waals surface area contributed by atoms with Crippen LogP contribution in [0.2, 0.25) is 0 Å². The van der Waals surface area contributed by atoms with Gasteiger partial charge >= 0.3 is 5.97 Å². The summed E-state index contributed by atoms with van der Waals surface area (Å²) in [4.78, 5) is 10.4. The first-order chi connectivity index (χ1) is 10.4. The van der Waals surface area contributed by atoms with E-state index in [1.807, 2.05) is 4.72 Å². The Balaban J connectivity index is 3.21. The summed E-state index contributed by atoms with van der Waals surface area (Å²) in [5.74, 6) is -2.71. The molecule has 23 heavy (non-hydrogen) atoms. The Bertz CT molecular complexity index is 807. The second-order valence-electron chi connectivity index (χ2n) is 4.68. The van der Waals surface area contributed by atoms with Gasteiger partial charge in [0, 0.05) is 7.05 Å². The van der Waals surface area contributed by atoms with Gasteiger partial charge < -0.3 is 5.11 Å². The first-order valence-corrected chi connectivity index (χ1v) is 9.52. The van der Waals surface area contributed by atoms with Crippen molar-refractivity contribution in [3.05, 3.63) is 24.0 Å². The first-order valence-electron chi connectivity index (χ1n) is 6.43. The van der Waals surface area contributed by atoms with Crippen LogP contribution in [0.1, 0.15) is 13.8 Å². The van der Waals surface area contributed by atoms with E-state index in [4.69, 9.17) is 5.11 Å². The van der Waals surface area contributed by atoms with Crippen LogP contribution in [-0.4, -0.2) is 51.1 Å². The molecule has 0 saturated heterocycles. The highest BCUT2D eigenvalue weighted by Gasteiger charge is 2.30. The molecule has 0 fully saturated rings. The predicted octanol–water partition coefficient (Wildman–Crippen LogP) is 0.681. The number of anilines is 1. The van der Waals surface area contributed by atoms with Crippen molar-refractivity contribution in [3.8, 4) is 0 Å². The molecule has 8 nitrogen and oxygen atoms in total. The van der Waals surface area contributed by atoms with Crippen molar-refractivity contribution in [3.63, 3.8) is 0 Å². The zero-order valence-corrected chi connectivity index (χ0v) is 14.3. The molecule has 0 aliphatic rings. The number of nitrogens with one attached hydrogen (secondary N) is 1. The third kappa shape index (κ3) is 4.39. The minimum absolute atomic E-state index is 0.272. The highest BCUT2D eigenvalue weighted by molar-refractivity contribution is 7.92. The van der Waals surface area contributed by atoms with Crippen molar-refractivity contribution in [2.24, 2.45) is 0 Å². The van der Waals surface area contributed by atoms with E-state index in [9.17, 15) is 26.0 Å². The zero-order valence-electron chi connectivity index (χ0n) is 12.6. The molecule has 0 aromatic heterocycles. The number of rotatable bonds is 7. The smallest absolute Gasteiger partial charge is 0.321 e. The van der Waals surface area contributed by atoms with Gasteiger partial charge in [-0.25, -0.2) is 21.2 Å². The molecule has 0 aliphatic heterocycles.